The van der Waals surface area contributed by atoms with Gasteiger partial charge in [-0.1, -0.05) is 0 Å². The second-order valence-corrected chi connectivity index (χ2v) is 2.57. The molecule has 0 aliphatic heterocycles. The first-order chi connectivity index (χ1) is 5.09. The molecule has 0 radical (unpaired) electrons. The van der Waals surface area contributed by atoms with E-state index in [0.717, 1.165) is 5.56 Å². The van der Waals surface area contributed by atoms with E-state index in [4.69, 9.17) is 15.9 Å². The number of phenolic OH excluding ortho intramolecular Hbond substituents is 2. The van der Waals surface area contributed by atoms with Crippen LogP contribution in [-0.4, -0.2) is 10.2 Å². The number of aromatic hydroxyl groups is 2. The molecule has 3 heteroatoms. The van der Waals surface area contributed by atoms with Gasteiger partial charge in [0.2, 0.25) is 0 Å². The molecular weight excluding hydrogens is 142 g/mol. The highest BCUT2D eigenvalue weighted by atomic mass is 16.3. The molecule has 0 aromatic heterocycles. The Morgan fingerprint density at radius 3 is 2.00 bits per heavy atom. The molecule has 1 unspecified atom stereocenters. The molecule has 0 heterocycles. The van der Waals surface area contributed by atoms with Gasteiger partial charge in [0, 0.05) is 12.1 Å². The molecule has 0 saturated heterocycles. The minimum absolute atomic E-state index is 0.0392. The van der Waals surface area contributed by atoms with Gasteiger partial charge in [0.05, 0.1) is 0 Å². The number of hydrogen-bond acceptors (Lipinski definition) is 3. The van der Waals surface area contributed by atoms with Crippen molar-refractivity contribution in [2.45, 2.75) is 13.0 Å². The Hall–Kier alpha value is -1.22. The van der Waals surface area contributed by atoms with Crippen molar-refractivity contribution in [2.24, 2.45) is 5.73 Å². The van der Waals surface area contributed by atoms with Gasteiger partial charge in [-0.15, -0.1) is 0 Å². The molecule has 0 fully saturated rings. The van der Waals surface area contributed by atoms with E-state index in [-0.39, 0.29) is 17.5 Å². The summed E-state index contributed by atoms with van der Waals surface area (Å²) in [6.45, 7) is 1.79. The third-order valence-electron chi connectivity index (χ3n) is 1.45. The summed E-state index contributed by atoms with van der Waals surface area (Å²) in [6.07, 6.45) is 0. The molecule has 0 aliphatic rings. The molecule has 1 atom stereocenters. The third kappa shape index (κ3) is 1.85. The minimum atomic E-state index is -0.173. The van der Waals surface area contributed by atoms with Crippen molar-refractivity contribution in [3.63, 3.8) is 0 Å². The van der Waals surface area contributed by atoms with Crippen LogP contribution >= 0.6 is 0 Å². The van der Waals surface area contributed by atoms with Crippen LogP contribution in [0.4, 0.5) is 0 Å². The second kappa shape index (κ2) is 2.80. The van der Waals surface area contributed by atoms with E-state index >= 15 is 0 Å². The van der Waals surface area contributed by atoms with Crippen molar-refractivity contribution in [1.82, 2.24) is 0 Å². The van der Waals surface area contributed by atoms with Gasteiger partial charge in [0.25, 0.3) is 0 Å². The Morgan fingerprint density at radius 1 is 1.18 bits per heavy atom. The standard InChI is InChI=1S/C8H11NO2/c1-5(9)6-2-7(10)4-8(11)3-6/h2-5,10-11H,9H2,1H3. The Morgan fingerprint density at radius 2 is 1.64 bits per heavy atom. The number of hydrogen-bond donors (Lipinski definition) is 3. The Balaban J connectivity index is 3.08. The van der Waals surface area contributed by atoms with Gasteiger partial charge in [-0.05, 0) is 24.6 Å². The number of benzene rings is 1. The predicted octanol–water partition coefficient (Wildman–Crippen LogP) is 1.12. The smallest absolute Gasteiger partial charge is 0.119 e. The summed E-state index contributed by atoms with van der Waals surface area (Å²) < 4.78 is 0. The van der Waals surface area contributed by atoms with Crippen LogP contribution < -0.4 is 5.73 Å². The van der Waals surface area contributed by atoms with Crippen LogP contribution in [0, 0.1) is 0 Å². The van der Waals surface area contributed by atoms with Crippen molar-refractivity contribution in [3.8, 4) is 11.5 Å². The molecule has 60 valence electrons. The number of rotatable bonds is 1. The van der Waals surface area contributed by atoms with Crippen LogP contribution in [0.15, 0.2) is 18.2 Å². The lowest BCUT2D eigenvalue weighted by atomic mass is 10.1. The summed E-state index contributed by atoms with van der Waals surface area (Å²) in [6, 6.07) is 4.16. The normalized spacial score (nSPS) is 12.9. The van der Waals surface area contributed by atoms with Crippen LogP contribution in [0.1, 0.15) is 18.5 Å². The lowest BCUT2D eigenvalue weighted by Crippen LogP contribution is -2.04. The van der Waals surface area contributed by atoms with E-state index in [1.165, 1.54) is 18.2 Å². The van der Waals surface area contributed by atoms with Gasteiger partial charge in [0.1, 0.15) is 11.5 Å². The maximum atomic E-state index is 9.03. The molecule has 11 heavy (non-hydrogen) atoms. The maximum absolute atomic E-state index is 9.03. The average molecular weight is 153 g/mol. The van der Waals surface area contributed by atoms with Gasteiger partial charge in [-0.3, -0.25) is 0 Å². The van der Waals surface area contributed by atoms with Crippen molar-refractivity contribution < 1.29 is 10.2 Å². The van der Waals surface area contributed by atoms with Crippen molar-refractivity contribution in [2.75, 3.05) is 0 Å². The minimum Gasteiger partial charge on any atom is -0.508 e. The van der Waals surface area contributed by atoms with E-state index < -0.39 is 0 Å². The summed E-state index contributed by atoms with van der Waals surface area (Å²) in [7, 11) is 0. The lowest BCUT2D eigenvalue weighted by Gasteiger charge is -2.05. The molecule has 1 rings (SSSR count). The van der Waals surface area contributed by atoms with Crippen LogP contribution in [-0.2, 0) is 0 Å². The Labute approximate surface area is 65.1 Å². The van der Waals surface area contributed by atoms with Gasteiger partial charge < -0.3 is 15.9 Å². The summed E-state index contributed by atoms with van der Waals surface area (Å²) in [5.74, 6) is 0.0783. The fourth-order valence-electron chi connectivity index (χ4n) is 0.881. The van der Waals surface area contributed by atoms with Crippen molar-refractivity contribution in [1.29, 1.82) is 0 Å². The molecule has 0 bridgehead atoms. The molecule has 4 N–H and O–H groups in total. The molecule has 1 aromatic carbocycles. The van der Waals surface area contributed by atoms with Crippen LogP contribution in [0.3, 0.4) is 0 Å². The Kier molecular flexibility index (Phi) is 2.01. The highest BCUT2D eigenvalue weighted by Gasteiger charge is 2.02. The first-order valence-electron chi connectivity index (χ1n) is 3.38. The van der Waals surface area contributed by atoms with Crippen LogP contribution in [0.2, 0.25) is 0 Å². The largest absolute Gasteiger partial charge is 0.508 e. The Bertz CT molecular complexity index is 238. The van der Waals surface area contributed by atoms with Crippen molar-refractivity contribution >= 4 is 0 Å². The van der Waals surface area contributed by atoms with Gasteiger partial charge in [-0.25, -0.2) is 0 Å². The molecule has 0 aliphatic carbocycles. The molecule has 0 amide bonds. The molecular formula is C8H11NO2. The van der Waals surface area contributed by atoms with E-state index in [1.54, 1.807) is 6.92 Å². The van der Waals surface area contributed by atoms with E-state index in [2.05, 4.69) is 0 Å². The molecule has 0 saturated carbocycles. The van der Waals surface area contributed by atoms with E-state index in [9.17, 15) is 0 Å². The quantitative estimate of drug-likeness (QED) is 0.566. The first kappa shape index (κ1) is 7.88. The fourth-order valence-corrected chi connectivity index (χ4v) is 0.881. The third-order valence-corrected chi connectivity index (χ3v) is 1.45. The summed E-state index contributed by atoms with van der Waals surface area (Å²) in [5, 5.41) is 18.1. The summed E-state index contributed by atoms with van der Waals surface area (Å²) >= 11 is 0. The molecule has 3 nitrogen and oxygen atoms in total. The fraction of sp³-hybridized carbons (Fsp3) is 0.250. The average Bonchev–Trinajstić information content (AvgIpc) is 1.85. The zero-order valence-electron chi connectivity index (χ0n) is 6.28. The van der Waals surface area contributed by atoms with Gasteiger partial charge in [-0.2, -0.15) is 0 Å². The van der Waals surface area contributed by atoms with Crippen LogP contribution in [0.5, 0.6) is 11.5 Å². The number of phenols is 2. The zero-order chi connectivity index (χ0) is 8.43. The van der Waals surface area contributed by atoms with E-state index in [1.807, 2.05) is 0 Å². The predicted molar refractivity (Wildman–Crippen MR) is 42.4 cm³/mol. The monoisotopic (exact) mass is 153 g/mol. The lowest BCUT2D eigenvalue weighted by molar-refractivity contribution is 0.448. The van der Waals surface area contributed by atoms with Gasteiger partial charge >= 0.3 is 0 Å². The highest BCUT2D eigenvalue weighted by molar-refractivity contribution is 5.37. The number of nitrogens with two attached hydrogens (primary N) is 1. The maximum Gasteiger partial charge on any atom is 0.119 e. The molecule has 0 spiro atoms. The SMILES string of the molecule is CC(N)c1cc(O)cc(O)c1. The summed E-state index contributed by atoms with van der Waals surface area (Å²) in [4.78, 5) is 0. The topological polar surface area (TPSA) is 66.5 Å². The first-order valence-corrected chi connectivity index (χ1v) is 3.38. The van der Waals surface area contributed by atoms with Gasteiger partial charge in [0.15, 0.2) is 0 Å². The van der Waals surface area contributed by atoms with E-state index in [0.29, 0.717) is 0 Å². The second-order valence-electron chi connectivity index (χ2n) is 2.57. The summed E-state index contributed by atoms with van der Waals surface area (Å²) in [5.41, 5.74) is 6.25. The molecule has 1 aromatic rings. The highest BCUT2D eigenvalue weighted by Crippen LogP contribution is 2.23. The van der Waals surface area contributed by atoms with Crippen molar-refractivity contribution in [3.05, 3.63) is 23.8 Å². The zero-order valence-corrected chi connectivity index (χ0v) is 6.28. The van der Waals surface area contributed by atoms with Crippen LogP contribution in [0.25, 0.3) is 0 Å².